The van der Waals surface area contributed by atoms with Crippen LogP contribution in [-0.2, 0) is 10.9 Å². The van der Waals surface area contributed by atoms with Crippen LogP contribution in [0.25, 0.3) is 11.3 Å². The molecule has 1 amide bonds. The van der Waals surface area contributed by atoms with Gasteiger partial charge in [-0.15, -0.1) is 10.2 Å². The molecule has 0 bridgehead atoms. The Kier molecular flexibility index (Phi) is 5.72. The van der Waals surface area contributed by atoms with Crippen molar-refractivity contribution >= 4 is 11.9 Å². The van der Waals surface area contributed by atoms with E-state index in [1.807, 2.05) is 20.8 Å². The highest BCUT2D eigenvalue weighted by molar-refractivity contribution is 5.68. The van der Waals surface area contributed by atoms with E-state index in [1.165, 1.54) is 6.07 Å². The molecule has 2 aromatic rings. The second kappa shape index (κ2) is 8.22. The highest BCUT2D eigenvalue weighted by Gasteiger charge is 2.43. The van der Waals surface area contributed by atoms with Crippen LogP contribution in [0.4, 0.5) is 23.8 Å². The minimum absolute atomic E-state index is 0.100. The molecule has 0 aromatic carbocycles. The number of nitrogens with zero attached hydrogens (tertiary/aromatic N) is 4. The number of alkyl halides is 3. The second-order valence-electron chi connectivity index (χ2n) is 9.44. The minimum Gasteiger partial charge on any atom is -0.444 e. The summed E-state index contributed by atoms with van der Waals surface area (Å²) in [7, 11) is 0. The van der Waals surface area contributed by atoms with E-state index < -0.39 is 17.3 Å². The van der Waals surface area contributed by atoms with Gasteiger partial charge in [0.1, 0.15) is 11.4 Å². The maximum atomic E-state index is 13.2. The zero-order valence-electron chi connectivity index (χ0n) is 18.2. The van der Waals surface area contributed by atoms with Gasteiger partial charge in [-0.2, -0.15) is 13.2 Å². The largest absolute Gasteiger partial charge is 0.444 e. The van der Waals surface area contributed by atoms with Gasteiger partial charge < -0.3 is 15.0 Å². The van der Waals surface area contributed by atoms with Crippen LogP contribution in [0.5, 0.6) is 0 Å². The Hall–Kier alpha value is -2.91. The number of anilines is 1. The highest BCUT2D eigenvalue weighted by atomic mass is 19.4. The first-order valence-corrected chi connectivity index (χ1v) is 10.6. The fraction of sp³-hybridized carbons (Fsp3) is 0.545. The molecule has 1 saturated heterocycles. The van der Waals surface area contributed by atoms with E-state index in [9.17, 15) is 18.0 Å². The molecule has 1 aliphatic heterocycles. The van der Waals surface area contributed by atoms with E-state index >= 15 is 0 Å². The first-order valence-electron chi connectivity index (χ1n) is 10.6. The number of hydrogen-bond acceptors (Lipinski definition) is 6. The molecule has 3 heterocycles. The summed E-state index contributed by atoms with van der Waals surface area (Å²) in [5.41, 5.74) is -1.29. The third-order valence-corrected chi connectivity index (χ3v) is 5.82. The lowest BCUT2D eigenvalue weighted by molar-refractivity contribution is -0.137. The Labute approximate surface area is 184 Å². The molecule has 0 spiro atoms. The smallest absolute Gasteiger partial charge is 0.417 e. The van der Waals surface area contributed by atoms with Crippen molar-refractivity contribution in [3.05, 3.63) is 36.2 Å². The van der Waals surface area contributed by atoms with Gasteiger partial charge in [0.05, 0.1) is 11.3 Å². The van der Waals surface area contributed by atoms with Gasteiger partial charge in [0, 0.05) is 37.1 Å². The highest BCUT2D eigenvalue weighted by Crippen LogP contribution is 2.40. The number of likely N-dealkylation sites (tertiary alicyclic amines) is 1. The molecule has 0 radical (unpaired) electrons. The van der Waals surface area contributed by atoms with Gasteiger partial charge in [0.15, 0.2) is 0 Å². The van der Waals surface area contributed by atoms with Gasteiger partial charge in [0.25, 0.3) is 0 Å². The summed E-state index contributed by atoms with van der Waals surface area (Å²) in [5.74, 6) is 1.29. The van der Waals surface area contributed by atoms with Crippen molar-refractivity contribution in [3.63, 3.8) is 0 Å². The lowest BCUT2D eigenvalue weighted by atomic mass is 10.0. The Balaban J connectivity index is 1.35. The predicted molar refractivity (Wildman–Crippen MR) is 112 cm³/mol. The molecule has 1 saturated carbocycles. The fourth-order valence-corrected chi connectivity index (χ4v) is 4.50. The molecule has 10 heteroatoms. The van der Waals surface area contributed by atoms with Gasteiger partial charge in [-0.05, 0) is 63.6 Å². The van der Waals surface area contributed by atoms with Crippen LogP contribution in [0.3, 0.4) is 0 Å². The van der Waals surface area contributed by atoms with E-state index in [1.54, 1.807) is 11.0 Å². The first kappa shape index (κ1) is 22.3. The molecule has 172 valence electrons. The summed E-state index contributed by atoms with van der Waals surface area (Å²) in [6.07, 6.45) is -0.745. The standard InChI is InChI=1S/C22H26F3N5O2/c1-21(2,3)32-20(31)30-11-13-8-15(9-14(13)12-30)27-19-5-4-18(28-29-19)16-10-26-7-6-17(16)22(23,24)25/h4-7,10,13-15H,8-9,11-12H2,1-3H3,(H,27,29)/t13-,14+,15?. The quantitative estimate of drug-likeness (QED) is 0.737. The molecule has 7 nitrogen and oxygen atoms in total. The Bertz CT molecular complexity index is 961. The Morgan fingerprint density at radius 1 is 1.09 bits per heavy atom. The number of aromatic nitrogens is 3. The molecule has 32 heavy (non-hydrogen) atoms. The van der Waals surface area contributed by atoms with E-state index in [4.69, 9.17) is 4.74 Å². The van der Waals surface area contributed by atoms with Crippen molar-refractivity contribution in [3.8, 4) is 11.3 Å². The van der Waals surface area contributed by atoms with Crippen LogP contribution in [0.1, 0.15) is 39.2 Å². The fourth-order valence-electron chi connectivity index (χ4n) is 4.50. The maximum absolute atomic E-state index is 13.2. The van der Waals surface area contributed by atoms with Crippen LogP contribution >= 0.6 is 0 Å². The van der Waals surface area contributed by atoms with Crippen molar-refractivity contribution < 1.29 is 22.7 Å². The average molecular weight is 449 g/mol. The number of pyridine rings is 1. The second-order valence-corrected chi connectivity index (χ2v) is 9.44. The van der Waals surface area contributed by atoms with Crippen molar-refractivity contribution in [2.45, 2.75) is 51.4 Å². The molecule has 1 aliphatic carbocycles. The molecule has 2 fully saturated rings. The molecular weight excluding hydrogens is 423 g/mol. The van der Waals surface area contributed by atoms with Gasteiger partial charge in [-0.25, -0.2) is 4.79 Å². The molecule has 4 rings (SSSR count). The Morgan fingerprint density at radius 2 is 1.78 bits per heavy atom. The SMILES string of the molecule is CC(C)(C)OC(=O)N1C[C@H]2CC(Nc3ccc(-c4cnccc4C(F)(F)F)nn3)C[C@H]2C1. The van der Waals surface area contributed by atoms with E-state index in [0.717, 1.165) is 31.3 Å². The first-order chi connectivity index (χ1) is 15.0. The topological polar surface area (TPSA) is 80.2 Å². The number of rotatable bonds is 3. The summed E-state index contributed by atoms with van der Waals surface area (Å²) >= 11 is 0. The number of carbonyl (C=O) groups is 1. The molecule has 2 aliphatic rings. The number of amides is 1. The molecule has 1 N–H and O–H groups in total. The van der Waals surface area contributed by atoms with Crippen LogP contribution in [-0.4, -0.2) is 50.9 Å². The summed E-state index contributed by atoms with van der Waals surface area (Å²) in [4.78, 5) is 17.9. The zero-order chi connectivity index (χ0) is 23.1. The van der Waals surface area contributed by atoms with E-state index in [0.29, 0.717) is 30.7 Å². The third-order valence-electron chi connectivity index (χ3n) is 5.82. The summed E-state index contributed by atoms with van der Waals surface area (Å²) in [6.45, 7) is 6.90. The number of carbonyl (C=O) groups excluding carboxylic acids is 1. The zero-order valence-corrected chi connectivity index (χ0v) is 18.2. The number of fused-ring (bicyclic) bond motifs is 1. The van der Waals surface area contributed by atoms with Gasteiger partial charge in [-0.1, -0.05) is 0 Å². The van der Waals surface area contributed by atoms with Crippen molar-refractivity contribution in [1.82, 2.24) is 20.1 Å². The van der Waals surface area contributed by atoms with E-state index in [-0.39, 0.29) is 23.4 Å². The van der Waals surface area contributed by atoms with Crippen LogP contribution in [0.15, 0.2) is 30.6 Å². The normalized spacial score (nSPS) is 23.2. The van der Waals surface area contributed by atoms with Gasteiger partial charge in [0.2, 0.25) is 0 Å². The minimum atomic E-state index is -4.49. The number of hydrogen-bond donors (Lipinski definition) is 1. The molecule has 1 unspecified atom stereocenters. The number of halogens is 3. The van der Waals surface area contributed by atoms with Gasteiger partial charge in [-0.3, -0.25) is 4.98 Å². The van der Waals surface area contributed by atoms with Crippen molar-refractivity contribution in [2.75, 3.05) is 18.4 Å². The van der Waals surface area contributed by atoms with Gasteiger partial charge >= 0.3 is 12.3 Å². The maximum Gasteiger partial charge on any atom is 0.417 e. The van der Waals surface area contributed by atoms with E-state index in [2.05, 4.69) is 20.5 Å². The lowest BCUT2D eigenvalue weighted by Gasteiger charge is -2.25. The molecular formula is C22H26F3N5O2. The summed E-state index contributed by atoms with van der Waals surface area (Å²) < 4.78 is 45.2. The van der Waals surface area contributed by atoms with Crippen LogP contribution < -0.4 is 5.32 Å². The number of ether oxygens (including phenoxy) is 1. The number of nitrogens with one attached hydrogen (secondary N) is 1. The average Bonchev–Trinajstić information content (AvgIpc) is 3.25. The summed E-state index contributed by atoms with van der Waals surface area (Å²) in [5, 5.41) is 11.4. The summed E-state index contributed by atoms with van der Waals surface area (Å²) in [6, 6.07) is 4.26. The predicted octanol–water partition coefficient (Wildman–Crippen LogP) is 4.61. The van der Waals surface area contributed by atoms with Crippen LogP contribution in [0.2, 0.25) is 0 Å². The Morgan fingerprint density at radius 3 is 2.34 bits per heavy atom. The lowest BCUT2D eigenvalue weighted by Crippen LogP contribution is -2.36. The molecule has 2 aromatic heterocycles. The van der Waals surface area contributed by atoms with Crippen LogP contribution in [0, 0.1) is 11.8 Å². The monoisotopic (exact) mass is 449 g/mol. The third kappa shape index (κ3) is 4.94. The molecule has 3 atom stereocenters. The van der Waals surface area contributed by atoms with Crippen molar-refractivity contribution in [2.24, 2.45) is 11.8 Å². The van der Waals surface area contributed by atoms with Crippen molar-refractivity contribution in [1.29, 1.82) is 0 Å².